The number of benzene rings is 2. The van der Waals surface area contributed by atoms with Crippen molar-refractivity contribution in [2.24, 2.45) is 0 Å². The molecular weight excluding hydrogens is 325 g/mol. The molecule has 2 aromatic carbocycles. The lowest BCUT2D eigenvalue weighted by molar-refractivity contribution is -0.0696. The van der Waals surface area contributed by atoms with Gasteiger partial charge in [-0.1, -0.05) is 43.5 Å². The van der Waals surface area contributed by atoms with Crippen molar-refractivity contribution in [1.29, 1.82) is 0 Å². The fourth-order valence-corrected chi connectivity index (χ4v) is 3.36. The summed E-state index contributed by atoms with van der Waals surface area (Å²) in [7, 11) is 0. The van der Waals surface area contributed by atoms with Gasteiger partial charge in [-0.3, -0.25) is 0 Å². The van der Waals surface area contributed by atoms with Gasteiger partial charge in [-0.15, -0.1) is 0 Å². The van der Waals surface area contributed by atoms with Crippen LogP contribution < -0.4 is 0 Å². The van der Waals surface area contributed by atoms with Crippen molar-refractivity contribution in [3.05, 3.63) is 47.5 Å². The summed E-state index contributed by atoms with van der Waals surface area (Å²) >= 11 is 0. The zero-order chi connectivity index (χ0) is 17.9. The molecule has 0 aromatic heterocycles. The summed E-state index contributed by atoms with van der Waals surface area (Å²) in [5, 5.41) is 1.92. The second kappa shape index (κ2) is 7.49. The molecule has 1 fully saturated rings. The molecule has 1 aliphatic heterocycles. The quantitative estimate of drug-likeness (QED) is 0.637. The Bertz CT molecular complexity index is 790. The summed E-state index contributed by atoms with van der Waals surface area (Å²) in [5.74, 6) is 3.88. The minimum atomic E-state index is -4.46. The van der Waals surface area contributed by atoms with Crippen molar-refractivity contribution in [3.63, 3.8) is 0 Å². The molecule has 1 heterocycles. The first kappa shape index (κ1) is 17.8. The molecule has 0 bridgehead atoms. The topological polar surface area (TPSA) is 9.23 Å². The third kappa shape index (κ3) is 4.76. The summed E-state index contributed by atoms with van der Waals surface area (Å²) in [6, 6.07) is 11.3. The summed E-state index contributed by atoms with van der Waals surface area (Å²) in [4.78, 5) is 0. The van der Waals surface area contributed by atoms with Gasteiger partial charge in [0, 0.05) is 17.4 Å². The van der Waals surface area contributed by atoms with Crippen LogP contribution in [0.3, 0.4) is 0 Å². The maximum Gasteiger partial charge on any atom is 0.458 e. The van der Waals surface area contributed by atoms with Crippen LogP contribution in [0, 0.1) is 11.8 Å². The first-order valence-electron chi connectivity index (χ1n) is 8.70. The van der Waals surface area contributed by atoms with Gasteiger partial charge < -0.3 is 4.74 Å². The van der Waals surface area contributed by atoms with Crippen LogP contribution in [0.5, 0.6) is 0 Å². The van der Waals surface area contributed by atoms with E-state index in [1.165, 1.54) is 11.5 Å². The molecule has 2 aromatic rings. The predicted molar refractivity (Wildman–Crippen MR) is 93.5 cm³/mol. The Balaban J connectivity index is 1.76. The number of ether oxygens (including phenoxy) is 1. The Morgan fingerprint density at radius 1 is 1.08 bits per heavy atom. The molecule has 1 aliphatic rings. The van der Waals surface area contributed by atoms with Crippen molar-refractivity contribution < 1.29 is 17.9 Å². The van der Waals surface area contributed by atoms with E-state index in [0.29, 0.717) is 17.6 Å². The third-order valence-corrected chi connectivity index (χ3v) is 4.67. The van der Waals surface area contributed by atoms with Gasteiger partial charge in [0.25, 0.3) is 0 Å². The average Bonchev–Trinajstić information content (AvgIpc) is 2.60. The first-order chi connectivity index (χ1) is 11.9. The largest absolute Gasteiger partial charge is 0.458 e. The third-order valence-electron chi connectivity index (χ3n) is 4.67. The van der Waals surface area contributed by atoms with Crippen LogP contribution in [0.25, 0.3) is 10.8 Å². The van der Waals surface area contributed by atoms with E-state index in [9.17, 15) is 13.2 Å². The van der Waals surface area contributed by atoms with Gasteiger partial charge in [0.05, 0.1) is 12.7 Å². The average molecular weight is 346 g/mol. The Morgan fingerprint density at radius 2 is 1.84 bits per heavy atom. The minimum absolute atomic E-state index is 0.376. The summed E-state index contributed by atoms with van der Waals surface area (Å²) in [6.07, 6.45) is 0.386. The van der Waals surface area contributed by atoms with Gasteiger partial charge in [-0.2, -0.15) is 13.2 Å². The van der Waals surface area contributed by atoms with Crippen molar-refractivity contribution in [3.8, 4) is 11.8 Å². The van der Waals surface area contributed by atoms with E-state index in [1.807, 2.05) is 12.1 Å². The van der Waals surface area contributed by atoms with Gasteiger partial charge in [0.15, 0.2) is 0 Å². The lowest BCUT2D eigenvalue weighted by Gasteiger charge is -2.29. The molecule has 3 rings (SSSR count). The number of fused-ring (bicyclic) bond motifs is 1. The van der Waals surface area contributed by atoms with Gasteiger partial charge in [0.2, 0.25) is 0 Å². The van der Waals surface area contributed by atoms with Crippen LogP contribution in [-0.4, -0.2) is 18.9 Å². The minimum Gasteiger partial charge on any atom is -0.378 e. The van der Waals surface area contributed by atoms with Crippen molar-refractivity contribution >= 4 is 10.8 Å². The van der Waals surface area contributed by atoms with Crippen LogP contribution in [0.1, 0.15) is 49.7 Å². The van der Waals surface area contributed by atoms with Crippen molar-refractivity contribution in [1.82, 2.24) is 0 Å². The fraction of sp³-hybridized carbons (Fsp3) is 0.429. The predicted octanol–water partition coefficient (Wildman–Crippen LogP) is 5.82. The Kier molecular flexibility index (Phi) is 5.34. The Hall–Kier alpha value is -1.99. The van der Waals surface area contributed by atoms with Gasteiger partial charge in [-0.05, 0) is 47.7 Å². The van der Waals surface area contributed by atoms with Crippen LogP contribution in [0.4, 0.5) is 13.2 Å². The van der Waals surface area contributed by atoms with E-state index in [-0.39, 0.29) is 0 Å². The lowest BCUT2D eigenvalue weighted by atomic mass is 9.89. The van der Waals surface area contributed by atoms with E-state index in [4.69, 9.17) is 4.74 Å². The molecule has 2 unspecified atom stereocenters. The maximum atomic E-state index is 12.2. The number of alkyl halides is 3. The smallest absolute Gasteiger partial charge is 0.378 e. The van der Waals surface area contributed by atoms with Crippen LogP contribution in [0.15, 0.2) is 36.4 Å². The van der Waals surface area contributed by atoms with Crippen molar-refractivity contribution in [2.45, 2.75) is 50.8 Å². The number of hydrogen-bond acceptors (Lipinski definition) is 1. The van der Waals surface area contributed by atoms with E-state index in [1.54, 1.807) is 12.1 Å². The van der Waals surface area contributed by atoms with Gasteiger partial charge >= 0.3 is 6.18 Å². The van der Waals surface area contributed by atoms with Crippen molar-refractivity contribution in [2.75, 3.05) is 6.61 Å². The second-order valence-electron chi connectivity index (χ2n) is 6.59. The zero-order valence-electron chi connectivity index (χ0n) is 14.2. The van der Waals surface area contributed by atoms with Crippen LogP contribution in [0.2, 0.25) is 0 Å². The number of halogens is 3. The molecule has 2 atom stereocenters. The summed E-state index contributed by atoms with van der Waals surface area (Å²) in [6.45, 7) is 2.91. The summed E-state index contributed by atoms with van der Waals surface area (Å²) < 4.78 is 42.6. The highest BCUT2D eigenvalue weighted by molar-refractivity contribution is 5.84. The van der Waals surface area contributed by atoms with Gasteiger partial charge in [-0.25, -0.2) is 0 Å². The van der Waals surface area contributed by atoms with E-state index in [2.05, 4.69) is 25.0 Å². The molecule has 1 nitrogen and oxygen atoms in total. The Morgan fingerprint density at radius 3 is 2.52 bits per heavy atom. The highest BCUT2D eigenvalue weighted by Crippen LogP contribution is 2.31. The summed E-state index contributed by atoms with van der Waals surface area (Å²) in [5.41, 5.74) is 1.61. The maximum absolute atomic E-state index is 12.2. The highest BCUT2D eigenvalue weighted by atomic mass is 19.4. The second-order valence-corrected chi connectivity index (χ2v) is 6.59. The van der Waals surface area contributed by atoms with Crippen LogP contribution in [-0.2, 0) is 4.74 Å². The Labute approximate surface area is 146 Å². The molecule has 0 amide bonds. The van der Waals surface area contributed by atoms with Crippen LogP contribution >= 0.6 is 0 Å². The molecule has 0 spiro atoms. The van der Waals surface area contributed by atoms with E-state index >= 15 is 0 Å². The number of hydrogen-bond donors (Lipinski definition) is 0. The fourth-order valence-electron chi connectivity index (χ4n) is 3.36. The van der Waals surface area contributed by atoms with E-state index in [0.717, 1.165) is 43.1 Å². The molecule has 1 saturated heterocycles. The van der Waals surface area contributed by atoms with Gasteiger partial charge in [0.1, 0.15) is 0 Å². The normalized spacial score (nSPS) is 21.0. The molecular formula is C21H21F3O. The lowest BCUT2D eigenvalue weighted by Crippen LogP contribution is -2.24. The molecule has 0 N–H and O–H groups in total. The van der Waals surface area contributed by atoms with E-state index < -0.39 is 6.18 Å². The first-order valence-corrected chi connectivity index (χ1v) is 8.70. The molecule has 0 saturated carbocycles. The highest BCUT2D eigenvalue weighted by Gasteiger charge is 2.23. The SMILES string of the molecule is CCCC1CCC(c2ccc3cc(C#CC(F)(F)F)ccc3c2)CO1. The molecule has 0 radical (unpaired) electrons. The molecule has 0 aliphatic carbocycles. The molecule has 25 heavy (non-hydrogen) atoms. The zero-order valence-corrected chi connectivity index (χ0v) is 14.2. The standard InChI is InChI=1S/C21H21F3O/c1-2-3-20-9-8-19(14-25-20)18-7-6-16-12-15(4-5-17(16)13-18)10-11-21(22,23)24/h4-7,12-13,19-20H,2-3,8-9,14H2,1H3. The monoisotopic (exact) mass is 346 g/mol. The molecule has 4 heteroatoms. The number of rotatable bonds is 3. The molecule has 132 valence electrons.